The summed E-state index contributed by atoms with van der Waals surface area (Å²) in [6, 6.07) is 7.42. The molecule has 0 aliphatic heterocycles. The number of sulfone groups is 1. The van der Waals surface area contributed by atoms with E-state index in [1.54, 1.807) is 0 Å². The molecular weight excluding hydrogens is 500 g/mol. The second-order valence-electron chi connectivity index (χ2n) is 7.31. The third kappa shape index (κ3) is 6.03. The van der Waals surface area contributed by atoms with Gasteiger partial charge in [0.05, 0.1) is 24.1 Å². The maximum atomic E-state index is 13.6. The summed E-state index contributed by atoms with van der Waals surface area (Å²) < 4.78 is 82.2. The van der Waals surface area contributed by atoms with Crippen molar-refractivity contribution in [3.63, 3.8) is 0 Å². The largest absolute Gasteiger partial charge is 0.496 e. The molecule has 0 bridgehead atoms. The number of carbonyl (C=O) groups excluding carboxylic acids is 1. The maximum absolute atomic E-state index is 13.6. The molecule has 0 radical (unpaired) electrons. The smallest absolute Gasteiger partial charge is 0.416 e. The van der Waals surface area contributed by atoms with E-state index in [0.29, 0.717) is 17.7 Å². The molecule has 1 heterocycles. The number of anilines is 1. The number of carbonyl (C=O) groups is 1. The Morgan fingerprint density at radius 3 is 2.44 bits per heavy atom. The van der Waals surface area contributed by atoms with Crippen molar-refractivity contribution in [3.05, 3.63) is 76.3 Å². The van der Waals surface area contributed by atoms with Crippen molar-refractivity contribution in [1.82, 2.24) is 4.98 Å². The highest BCUT2D eigenvalue weighted by Crippen LogP contribution is 2.38. The summed E-state index contributed by atoms with van der Waals surface area (Å²) in [4.78, 5) is 16.8. The monoisotopic (exact) mass is 516 g/mol. The molecule has 0 spiro atoms. The number of hydrogen-bond donors (Lipinski definition) is 1. The van der Waals surface area contributed by atoms with Gasteiger partial charge in [-0.1, -0.05) is 11.6 Å². The van der Waals surface area contributed by atoms with Gasteiger partial charge in [0.15, 0.2) is 15.0 Å². The average molecular weight is 517 g/mol. The Morgan fingerprint density at radius 1 is 1.12 bits per heavy atom. The van der Waals surface area contributed by atoms with Crippen LogP contribution in [0.1, 0.15) is 21.5 Å². The molecule has 0 unspecified atom stereocenters. The van der Waals surface area contributed by atoms with E-state index in [9.17, 15) is 30.8 Å². The molecule has 3 aromatic rings. The highest BCUT2D eigenvalue weighted by Gasteiger charge is 2.32. The number of nitrogens with one attached hydrogen (secondary N) is 1. The van der Waals surface area contributed by atoms with Gasteiger partial charge in [-0.15, -0.1) is 0 Å². The molecule has 0 saturated carbocycles. The van der Waals surface area contributed by atoms with E-state index in [4.69, 9.17) is 16.3 Å². The molecule has 6 nitrogen and oxygen atoms in total. The number of alkyl halides is 3. The second-order valence-corrected chi connectivity index (χ2v) is 9.81. The normalized spacial score (nSPS) is 11.9. The topological polar surface area (TPSA) is 85.4 Å². The van der Waals surface area contributed by atoms with Gasteiger partial charge in [-0.2, -0.15) is 13.2 Å². The second kappa shape index (κ2) is 9.59. The molecule has 0 aliphatic carbocycles. The van der Waals surface area contributed by atoms with Gasteiger partial charge in [0.25, 0.3) is 5.91 Å². The number of amides is 1. The molecule has 0 atom stereocenters. The minimum Gasteiger partial charge on any atom is -0.496 e. The van der Waals surface area contributed by atoms with Crippen molar-refractivity contribution < 1.29 is 35.5 Å². The third-order valence-electron chi connectivity index (χ3n) is 4.61. The minimum atomic E-state index is -4.82. The molecule has 180 valence electrons. The first-order chi connectivity index (χ1) is 15.8. The fourth-order valence-electron chi connectivity index (χ4n) is 3.23. The minimum absolute atomic E-state index is 0.0545. The summed E-state index contributed by atoms with van der Waals surface area (Å²) in [5, 5.41) is 2.25. The Balaban J connectivity index is 2.08. The Kier molecular flexibility index (Phi) is 7.18. The van der Waals surface area contributed by atoms with Crippen molar-refractivity contribution in [2.75, 3.05) is 18.7 Å². The lowest BCUT2D eigenvalue weighted by atomic mass is 10.0. The number of pyridine rings is 1. The van der Waals surface area contributed by atoms with Crippen LogP contribution in [-0.2, 0) is 21.8 Å². The highest BCUT2D eigenvalue weighted by molar-refractivity contribution is 7.89. The summed E-state index contributed by atoms with van der Waals surface area (Å²) in [5.74, 6) is -2.14. The number of hydrogen-bond acceptors (Lipinski definition) is 5. The van der Waals surface area contributed by atoms with E-state index in [1.165, 1.54) is 25.4 Å². The van der Waals surface area contributed by atoms with Crippen molar-refractivity contribution in [1.29, 1.82) is 0 Å². The van der Waals surface area contributed by atoms with Gasteiger partial charge in [0.2, 0.25) is 0 Å². The van der Waals surface area contributed by atoms with Crippen LogP contribution in [0, 0.1) is 5.82 Å². The summed E-state index contributed by atoms with van der Waals surface area (Å²) in [6.07, 6.45) is -2.63. The van der Waals surface area contributed by atoms with Crippen LogP contribution in [0.15, 0.2) is 48.7 Å². The van der Waals surface area contributed by atoms with Crippen LogP contribution in [-0.4, -0.2) is 32.7 Å². The molecule has 0 fully saturated rings. The summed E-state index contributed by atoms with van der Waals surface area (Å²) in [5.41, 5.74) is -1.28. The van der Waals surface area contributed by atoms with Crippen molar-refractivity contribution >= 4 is 33.0 Å². The zero-order chi connectivity index (χ0) is 25.3. The number of halogens is 5. The molecule has 0 aliphatic rings. The highest BCUT2D eigenvalue weighted by atomic mass is 35.5. The predicted octanol–water partition coefficient (Wildman–Crippen LogP) is 5.37. The van der Waals surface area contributed by atoms with Crippen molar-refractivity contribution in [2.45, 2.75) is 11.9 Å². The summed E-state index contributed by atoms with van der Waals surface area (Å²) in [7, 11) is -2.37. The number of ether oxygens (including phenoxy) is 1. The van der Waals surface area contributed by atoms with E-state index in [1.807, 2.05) is 0 Å². The lowest BCUT2D eigenvalue weighted by Gasteiger charge is -2.16. The van der Waals surface area contributed by atoms with Gasteiger partial charge in [0.1, 0.15) is 11.6 Å². The molecule has 12 heteroatoms. The number of nitrogens with zero attached hydrogens (tertiary/aromatic N) is 1. The lowest BCUT2D eigenvalue weighted by molar-refractivity contribution is -0.137. The number of aromatic nitrogens is 1. The third-order valence-corrected chi connectivity index (χ3v) is 5.75. The summed E-state index contributed by atoms with van der Waals surface area (Å²) in [6.45, 7) is 0. The van der Waals surface area contributed by atoms with E-state index >= 15 is 0 Å². The van der Waals surface area contributed by atoms with E-state index in [-0.39, 0.29) is 27.7 Å². The molecule has 1 N–H and O–H groups in total. The Morgan fingerprint density at radius 2 is 1.82 bits per heavy atom. The molecule has 2 aromatic carbocycles. The average Bonchev–Trinajstić information content (AvgIpc) is 2.73. The van der Waals surface area contributed by atoms with Gasteiger partial charge in [0, 0.05) is 35.2 Å². The van der Waals surface area contributed by atoms with E-state index in [2.05, 4.69) is 10.3 Å². The zero-order valence-electron chi connectivity index (χ0n) is 17.7. The van der Waals surface area contributed by atoms with Gasteiger partial charge >= 0.3 is 6.18 Å². The number of rotatable bonds is 6. The van der Waals surface area contributed by atoms with Crippen LogP contribution in [0.2, 0.25) is 5.15 Å². The zero-order valence-corrected chi connectivity index (χ0v) is 19.3. The molecular formula is C22H17ClF4N2O4S. The number of methoxy groups -OCH3 is 1. The molecule has 0 saturated heterocycles. The Labute approximate surface area is 197 Å². The van der Waals surface area contributed by atoms with Crippen LogP contribution < -0.4 is 10.1 Å². The van der Waals surface area contributed by atoms with Crippen LogP contribution in [0.5, 0.6) is 5.75 Å². The van der Waals surface area contributed by atoms with Crippen molar-refractivity contribution in [2.24, 2.45) is 0 Å². The first-order valence-electron chi connectivity index (χ1n) is 9.47. The van der Waals surface area contributed by atoms with E-state index < -0.39 is 44.6 Å². The lowest BCUT2D eigenvalue weighted by Crippen LogP contribution is -2.16. The maximum Gasteiger partial charge on any atom is 0.416 e. The van der Waals surface area contributed by atoms with Crippen LogP contribution in [0.4, 0.5) is 23.2 Å². The predicted molar refractivity (Wildman–Crippen MR) is 119 cm³/mol. The van der Waals surface area contributed by atoms with Gasteiger partial charge in [-0.3, -0.25) is 4.79 Å². The fraction of sp³-hybridized carbons (Fsp3) is 0.182. The molecule has 1 aromatic heterocycles. The molecule has 1 amide bonds. The van der Waals surface area contributed by atoms with Gasteiger partial charge < -0.3 is 10.1 Å². The SMILES string of the molecule is COc1cc(F)ccc1-c1ccnc(Cl)c1NC(=O)c1cc(CS(C)(=O)=O)cc(C(F)(F)F)c1. The first kappa shape index (κ1) is 25.4. The van der Waals surface area contributed by atoms with E-state index in [0.717, 1.165) is 24.5 Å². The van der Waals surface area contributed by atoms with Crippen LogP contribution in [0.3, 0.4) is 0 Å². The Hall–Kier alpha value is -3.18. The van der Waals surface area contributed by atoms with Crippen molar-refractivity contribution in [3.8, 4) is 16.9 Å². The first-order valence-corrected chi connectivity index (χ1v) is 11.9. The molecule has 3 rings (SSSR count). The van der Waals surface area contributed by atoms with Gasteiger partial charge in [-0.05, 0) is 42.0 Å². The quantitative estimate of drug-likeness (QED) is 0.352. The van der Waals surface area contributed by atoms with Crippen LogP contribution in [0.25, 0.3) is 11.1 Å². The number of benzene rings is 2. The summed E-state index contributed by atoms with van der Waals surface area (Å²) >= 11 is 6.16. The van der Waals surface area contributed by atoms with Gasteiger partial charge in [-0.25, -0.2) is 17.8 Å². The van der Waals surface area contributed by atoms with Crippen LogP contribution >= 0.6 is 11.6 Å². The Bertz CT molecular complexity index is 1360. The molecule has 34 heavy (non-hydrogen) atoms. The standard InChI is InChI=1S/C22H17ClF4N2O4S/c1-33-18-10-15(24)3-4-16(18)17-5-6-28-20(23)19(17)29-21(30)13-7-12(11-34(2,31)32)8-14(9-13)22(25,26)27/h3-10H,11H2,1-2H3,(H,29,30). The fourth-order valence-corrected chi connectivity index (χ4v) is 4.20.